The number of allylic oxidation sites excluding steroid dienone is 4. The number of hydrogen-bond acceptors (Lipinski definition) is 0. The van der Waals surface area contributed by atoms with Gasteiger partial charge in [0.15, 0.2) is 0 Å². The lowest BCUT2D eigenvalue weighted by atomic mass is 9.80. The molecule has 0 heterocycles. The van der Waals surface area contributed by atoms with Gasteiger partial charge in [0.2, 0.25) is 0 Å². The van der Waals surface area contributed by atoms with Crippen molar-refractivity contribution in [3.05, 3.63) is 64.3 Å². The third-order valence-electron chi connectivity index (χ3n) is 3.92. The minimum atomic E-state index is -6.86. The smallest absolute Gasteiger partial charge is 0.221 e. The monoisotopic (exact) mass is 547 g/mol. The second-order valence-corrected chi connectivity index (χ2v) is 7.88. The summed E-state index contributed by atoms with van der Waals surface area (Å²) in [5, 5.41) is 0. The summed E-state index contributed by atoms with van der Waals surface area (Å²) >= 11 is 5.19. The summed E-state index contributed by atoms with van der Waals surface area (Å²) < 4.78 is 131. The SMILES string of the molecule is Fc1ccccc1C1(Br)[CH]C=C(Br)C(C(F)(C(F)(F)F)C(F)(F)C(F)(F)F)=C1. The molecule has 0 nitrogen and oxygen atoms in total. The van der Waals surface area contributed by atoms with Crippen molar-refractivity contribution >= 4 is 31.9 Å². The number of hydrogen-bond donors (Lipinski definition) is 0. The van der Waals surface area contributed by atoms with E-state index in [0.717, 1.165) is 18.6 Å². The van der Waals surface area contributed by atoms with Crippen molar-refractivity contribution in [1.82, 2.24) is 0 Å². The van der Waals surface area contributed by atoms with Crippen LogP contribution in [0.4, 0.5) is 43.9 Å². The van der Waals surface area contributed by atoms with Gasteiger partial charge in [-0.3, -0.25) is 0 Å². The fourth-order valence-electron chi connectivity index (χ4n) is 2.51. The first-order valence-corrected chi connectivity index (χ1v) is 8.67. The Morgan fingerprint density at radius 2 is 1.36 bits per heavy atom. The summed E-state index contributed by atoms with van der Waals surface area (Å²) in [7, 11) is 0. The van der Waals surface area contributed by atoms with E-state index in [1.165, 1.54) is 12.1 Å². The maximum absolute atomic E-state index is 14.8. The van der Waals surface area contributed by atoms with Crippen LogP contribution in [-0.2, 0) is 4.32 Å². The molecule has 1 aliphatic carbocycles. The van der Waals surface area contributed by atoms with E-state index in [4.69, 9.17) is 0 Å². The molecule has 2 rings (SSSR count). The van der Waals surface area contributed by atoms with Crippen LogP contribution in [0, 0.1) is 12.2 Å². The van der Waals surface area contributed by atoms with Crippen LogP contribution in [-0.4, -0.2) is 23.9 Å². The van der Waals surface area contributed by atoms with E-state index < -0.39 is 49.7 Å². The maximum atomic E-state index is 14.8. The Hall–Kier alpha value is -1.04. The Morgan fingerprint density at radius 1 is 0.821 bits per heavy atom. The predicted octanol–water partition coefficient (Wildman–Crippen LogP) is 7.31. The van der Waals surface area contributed by atoms with Gasteiger partial charge in [0.25, 0.3) is 0 Å². The molecule has 1 aromatic carbocycles. The number of halogens is 12. The van der Waals surface area contributed by atoms with E-state index in [0.29, 0.717) is 6.08 Å². The second kappa shape index (κ2) is 7.03. The molecule has 1 aromatic rings. The molecule has 155 valence electrons. The molecule has 0 N–H and O–H groups in total. The zero-order valence-corrected chi connectivity index (χ0v) is 16.2. The Morgan fingerprint density at radius 3 is 1.82 bits per heavy atom. The van der Waals surface area contributed by atoms with E-state index in [1.807, 2.05) is 0 Å². The maximum Gasteiger partial charge on any atom is 0.457 e. The Kier molecular flexibility index (Phi) is 5.84. The summed E-state index contributed by atoms with van der Waals surface area (Å²) in [6.45, 7) is 0. The molecular formula is C16H7Br2F10. The third kappa shape index (κ3) is 3.50. The molecular weight excluding hydrogens is 542 g/mol. The molecule has 0 bridgehead atoms. The molecule has 1 radical (unpaired) electrons. The van der Waals surface area contributed by atoms with E-state index in [2.05, 4.69) is 31.9 Å². The van der Waals surface area contributed by atoms with Crippen LogP contribution in [0.15, 0.2) is 46.5 Å². The molecule has 0 aromatic heterocycles. The second-order valence-electron chi connectivity index (χ2n) is 5.72. The van der Waals surface area contributed by atoms with Crippen molar-refractivity contribution in [2.45, 2.75) is 28.3 Å². The highest BCUT2D eigenvalue weighted by Crippen LogP contribution is 2.60. The predicted molar refractivity (Wildman–Crippen MR) is 87.3 cm³/mol. The zero-order valence-electron chi connectivity index (χ0n) is 13.1. The highest BCUT2D eigenvalue weighted by Gasteiger charge is 2.82. The molecule has 0 fully saturated rings. The molecule has 0 aliphatic heterocycles. The van der Waals surface area contributed by atoms with Crippen LogP contribution < -0.4 is 0 Å². The van der Waals surface area contributed by atoms with Crippen molar-refractivity contribution < 1.29 is 43.9 Å². The van der Waals surface area contributed by atoms with Crippen LogP contribution in [0.25, 0.3) is 0 Å². The normalized spacial score (nSPS) is 23.7. The van der Waals surface area contributed by atoms with Gasteiger partial charge >= 0.3 is 23.9 Å². The largest absolute Gasteiger partial charge is 0.457 e. The summed E-state index contributed by atoms with van der Waals surface area (Å²) in [5.41, 5.74) is -8.62. The van der Waals surface area contributed by atoms with E-state index in [9.17, 15) is 43.9 Å². The van der Waals surface area contributed by atoms with Crippen molar-refractivity contribution in [2.75, 3.05) is 0 Å². The van der Waals surface area contributed by atoms with Crippen molar-refractivity contribution in [1.29, 1.82) is 0 Å². The van der Waals surface area contributed by atoms with Crippen LogP contribution in [0.2, 0.25) is 0 Å². The Bertz CT molecular complexity index is 823. The van der Waals surface area contributed by atoms with E-state index in [-0.39, 0.29) is 6.08 Å². The number of alkyl halides is 10. The van der Waals surface area contributed by atoms with Crippen LogP contribution in [0.5, 0.6) is 0 Å². The quantitative estimate of drug-likeness (QED) is 0.274. The minimum Gasteiger partial charge on any atom is -0.221 e. The first kappa shape index (κ1) is 23.2. The summed E-state index contributed by atoms with van der Waals surface area (Å²) in [5.74, 6) is -7.85. The molecule has 0 amide bonds. The van der Waals surface area contributed by atoms with Crippen LogP contribution >= 0.6 is 31.9 Å². The standard InChI is InChI=1S/C16H7Br2F10/c17-10-5-6-12(18,8-3-1-2-4-11(8)19)7-9(10)13(20,15(23,24)25)14(21,22)16(26,27)28/h1-7H. The lowest BCUT2D eigenvalue weighted by Crippen LogP contribution is -2.63. The molecule has 2 unspecified atom stereocenters. The molecule has 0 saturated carbocycles. The highest BCUT2D eigenvalue weighted by molar-refractivity contribution is 9.12. The molecule has 0 spiro atoms. The molecule has 0 saturated heterocycles. The van der Waals surface area contributed by atoms with Crippen molar-refractivity contribution in [3.8, 4) is 0 Å². The van der Waals surface area contributed by atoms with Crippen molar-refractivity contribution in [3.63, 3.8) is 0 Å². The molecule has 12 heteroatoms. The highest BCUT2D eigenvalue weighted by atomic mass is 79.9. The topological polar surface area (TPSA) is 0 Å². The van der Waals surface area contributed by atoms with Gasteiger partial charge in [0, 0.05) is 22.0 Å². The summed E-state index contributed by atoms with van der Waals surface area (Å²) in [6.07, 6.45) is -11.8. The van der Waals surface area contributed by atoms with Gasteiger partial charge in [-0.25, -0.2) is 8.78 Å². The molecule has 28 heavy (non-hydrogen) atoms. The average Bonchev–Trinajstić information content (AvgIpc) is 2.54. The van der Waals surface area contributed by atoms with Gasteiger partial charge in [-0.1, -0.05) is 62.2 Å². The lowest BCUT2D eigenvalue weighted by Gasteiger charge is -2.40. The van der Waals surface area contributed by atoms with E-state index in [1.54, 1.807) is 0 Å². The first-order chi connectivity index (χ1) is 12.5. The van der Waals surface area contributed by atoms with E-state index >= 15 is 0 Å². The van der Waals surface area contributed by atoms with Gasteiger partial charge in [-0.2, -0.15) is 35.1 Å². The summed E-state index contributed by atoms with van der Waals surface area (Å²) in [4.78, 5) is 0. The average molecular weight is 549 g/mol. The summed E-state index contributed by atoms with van der Waals surface area (Å²) in [6, 6.07) is 4.37. The third-order valence-corrected chi connectivity index (χ3v) is 5.53. The molecule has 1 aliphatic rings. The fraction of sp³-hybridized carbons (Fsp3) is 0.312. The van der Waals surface area contributed by atoms with Gasteiger partial charge in [0.05, 0.1) is 4.32 Å². The zero-order chi connectivity index (χ0) is 21.8. The van der Waals surface area contributed by atoms with Crippen LogP contribution in [0.1, 0.15) is 5.56 Å². The molecule has 2 atom stereocenters. The van der Waals surface area contributed by atoms with Crippen LogP contribution in [0.3, 0.4) is 0 Å². The lowest BCUT2D eigenvalue weighted by molar-refractivity contribution is -0.371. The Labute approximate surface area is 168 Å². The van der Waals surface area contributed by atoms with Gasteiger partial charge in [-0.15, -0.1) is 0 Å². The number of benzene rings is 1. The Balaban J connectivity index is 2.80. The van der Waals surface area contributed by atoms with Crippen molar-refractivity contribution in [2.24, 2.45) is 0 Å². The fourth-order valence-corrected chi connectivity index (χ4v) is 3.71. The number of rotatable bonds is 3. The van der Waals surface area contributed by atoms with Gasteiger partial charge in [0.1, 0.15) is 5.82 Å². The first-order valence-electron chi connectivity index (χ1n) is 7.08. The van der Waals surface area contributed by atoms with Gasteiger partial charge < -0.3 is 0 Å². The minimum absolute atomic E-state index is 0.128. The van der Waals surface area contributed by atoms with Gasteiger partial charge in [-0.05, 0) is 6.07 Å².